The molecule has 2 N–H and O–H groups in total. The molecule has 3 aromatic rings. The van der Waals surface area contributed by atoms with Crippen LogP contribution < -0.4 is 0 Å². The molecule has 1 aromatic carbocycles. The maximum Gasteiger partial charge on any atom is 0.356 e. The fourth-order valence-corrected chi connectivity index (χ4v) is 3.90. The number of hydrogen-bond acceptors (Lipinski definition) is 4. The molecule has 30 heavy (non-hydrogen) atoms. The van der Waals surface area contributed by atoms with Crippen molar-refractivity contribution in [3.8, 4) is 6.07 Å². The maximum absolute atomic E-state index is 13.6. The molecule has 0 radical (unpaired) electrons. The normalized spacial score (nSPS) is 15.5. The quantitative estimate of drug-likeness (QED) is 0.690. The van der Waals surface area contributed by atoms with Gasteiger partial charge in [-0.25, -0.2) is 9.18 Å². The van der Waals surface area contributed by atoms with Gasteiger partial charge in [-0.05, 0) is 29.8 Å². The van der Waals surface area contributed by atoms with Gasteiger partial charge in [0.05, 0.1) is 18.7 Å². The highest BCUT2D eigenvalue weighted by Gasteiger charge is 2.34. The van der Waals surface area contributed by atoms with Gasteiger partial charge < -0.3 is 15.0 Å². The van der Waals surface area contributed by atoms with Crippen LogP contribution in [0.5, 0.6) is 0 Å². The summed E-state index contributed by atoms with van der Waals surface area (Å²) in [6.07, 6.45) is 1.66. The number of aromatic amines is 1. The molecule has 1 aliphatic rings. The Morgan fingerprint density at radius 2 is 2.20 bits per heavy atom. The lowest BCUT2D eigenvalue weighted by atomic mass is 9.95. The largest absolute Gasteiger partial charge is 0.476 e. The molecule has 8 nitrogen and oxygen atoms in total. The zero-order valence-electron chi connectivity index (χ0n) is 16.1. The molecule has 0 aliphatic carbocycles. The molecule has 9 heteroatoms. The predicted molar refractivity (Wildman–Crippen MR) is 103 cm³/mol. The fourth-order valence-electron chi connectivity index (χ4n) is 3.90. The molecule has 4 rings (SSSR count). The van der Waals surface area contributed by atoms with Gasteiger partial charge in [0.1, 0.15) is 17.6 Å². The van der Waals surface area contributed by atoms with Gasteiger partial charge in [0, 0.05) is 29.9 Å². The monoisotopic (exact) mass is 407 g/mol. The van der Waals surface area contributed by atoms with E-state index in [0.29, 0.717) is 23.4 Å². The van der Waals surface area contributed by atoms with Crippen LogP contribution in [0.3, 0.4) is 0 Å². The number of aromatic carboxylic acids is 1. The molecule has 0 saturated heterocycles. The number of carbonyl (C=O) groups excluding carboxylic acids is 1. The van der Waals surface area contributed by atoms with Crippen LogP contribution in [-0.2, 0) is 13.1 Å². The minimum Gasteiger partial charge on any atom is -0.476 e. The van der Waals surface area contributed by atoms with Gasteiger partial charge in [0.2, 0.25) is 0 Å². The highest BCUT2D eigenvalue weighted by atomic mass is 19.1. The van der Waals surface area contributed by atoms with Gasteiger partial charge >= 0.3 is 5.97 Å². The third kappa shape index (κ3) is 3.33. The van der Waals surface area contributed by atoms with Gasteiger partial charge in [-0.1, -0.05) is 13.0 Å². The number of nitriles is 1. The molecular formula is C21H18FN5O3. The van der Waals surface area contributed by atoms with Crippen LogP contribution in [0.4, 0.5) is 4.39 Å². The van der Waals surface area contributed by atoms with E-state index in [1.54, 1.807) is 40.0 Å². The fraction of sp³-hybridized carbons (Fsp3) is 0.238. The van der Waals surface area contributed by atoms with E-state index in [-0.39, 0.29) is 36.2 Å². The Morgan fingerprint density at radius 3 is 2.87 bits per heavy atom. The molecule has 1 aliphatic heterocycles. The molecule has 0 saturated carbocycles. The van der Waals surface area contributed by atoms with E-state index in [1.165, 1.54) is 12.1 Å². The highest BCUT2D eigenvalue weighted by Crippen LogP contribution is 2.32. The second kappa shape index (κ2) is 7.48. The second-order valence-corrected chi connectivity index (χ2v) is 7.27. The van der Waals surface area contributed by atoms with Crippen LogP contribution in [0, 0.1) is 17.1 Å². The van der Waals surface area contributed by atoms with Crippen LogP contribution in [0.1, 0.15) is 56.2 Å². The summed E-state index contributed by atoms with van der Waals surface area (Å²) >= 11 is 0. The van der Waals surface area contributed by atoms with Crippen LogP contribution in [-0.4, -0.2) is 43.2 Å². The lowest BCUT2D eigenvalue weighted by Gasteiger charge is -2.31. The summed E-state index contributed by atoms with van der Waals surface area (Å²) in [7, 11) is 0. The first-order chi connectivity index (χ1) is 14.4. The lowest BCUT2D eigenvalue weighted by Crippen LogP contribution is -2.38. The molecule has 0 spiro atoms. The van der Waals surface area contributed by atoms with Crippen LogP contribution in [0.2, 0.25) is 0 Å². The van der Waals surface area contributed by atoms with Gasteiger partial charge in [-0.2, -0.15) is 10.4 Å². The average molecular weight is 407 g/mol. The van der Waals surface area contributed by atoms with Crippen molar-refractivity contribution in [2.45, 2.75) is 25.9 Å². The van der Waals surface area contributed by atoms with Crippen molar-refractivity contribution in [3.63, 3.8) is 0 Å². The summed E-state index contributed by atoms with van der Waals surface area (Å²) in [4.78, 5) is 29.0. The molecule has 152 valence electrons. The summed E-state index contributed by atoms with van der Waals surface area (Å²) in [6.45, 7) is 2.64. The van der Waals surface area contributed by atoms with Crippen molar-refractivity contribution in [1.82, 2.24) is 19.7 Å². The maximum atomic E-state index is 13.6. The van der Waals surface area contributed by atoms with Gasteiger partial charge in [-0.3, -0.25) is 9.48 Å². The number of rotatable bonds is 4. The number of amides is 1. The number of fused-ring (bicyclic) bond motifs is 1. The van der Waals surface area contributed by atoms with E-state index in [0.717, 1.165) is 5.69 Å². The number of carboxylic acids is 1. The highest BCUT2D eigenvalue weighted by molar-refractivity contribution is 5.93. The van der Waals surface area contributed by atoms with Crippen LogP contribution >= 0.6 is 0 Å². The minimum absolute atomic E-state index is 0.0808. The van der Waals surface area contributed by atoms with Gasteiger partial charge in [0.15, 0.2) is 5.69 Å². The Kier molecular flexibility index (Phi) is 4.83. The van der Waals surface area contributed by atoms with Crippen molar-refractivity contribution in [2.24, 2.45) is 0 Å². The van der Waals surface area contributed by atoms with Crippen molar-refractivity contribution in [2.75, 3.05) is 6.54 Å². The minimum atomic E-state index is -1.18. The molecule has 1 unspecified atom stereocenters. The number of halogens is 1. The van der Waals surface area contributed by atoms with Crippen LogP contribution in [0.25, 0.3) is 0 Å². The van der Waals surface area contributed by atoms with E-state index >= 15 is 0 Å². The standard InChI is InChI=1S/C21H18FN5O3/c1-12-9-26(20(28)17-3-2-6-24-17)11-15-18(21(29)30)25-27(19(12)15)10-13-4-5-16(22)14(7-13)8-23/h2-7,12,24H,9-11H2,1H3,(H,29,30). The van der Waals surface area contributed by atoms with E-state index in [2.05, 4.69) is 10.1 Å². The summed E-state index contributed by atoms with van der Waals surface area (Å²) < 4.78 is 15.2. The molecule has 1 atom stereocenters. The zero-order valence-corrected chi connectivity index (χ0v) is 16.1. The molecule has 2 aromatic heterocycles. The summed E-state index contributed by atoms with van der Waals surface area (Å²) in [5.41, 5.74) is 2.10. The zero-order chi connectivity index (χ0) is 21.4. The molecular weight excluding hydrogens is 389 g/mol. The van der Waals surface area contributed by atoms with Gasteiger partial charge in [0.25, 0.3) is 5.91 Å². The number of H-pyrrole nitrogens is 1. The van der Waals surface area contributed by atoms with Gasteiger partial charge in [-0.15, -0.1) is 0 Å². The van der Waals surface area contributed by atoms with Crippen molar-refractivity contribution < 1.29 is 19.1 Å². The Balaban J connectivity index is 1.71. The Bertz CT molecular complexity index is 1180. The van der Waals surface area contributed by atoms with Crippen LogP contribution in [0.15, 0.2) is 36.5 Å². The number of carbonyl (C=O) groups is 2. The first-order valence-corrected chi connectivity index (χ1v) is 9.33. The average Bonchev–Trinajstić information content (AvgIpc) is 3.37. The second-order valence-electron chi connectivity index (χ2n) is 7.27. The van der Waals surface area contributed by atoms with E-state index < -0.39 is 11.8 Å². The first-order valence-electron chi connectivity index (χ1n) is 9.33. The van der Waals surface area contributed by atoms with Crippen molar-refractivity contribution in [3.05, 3.63) is 76.1 Å². The topological polar surface area (TPSA) is 115 Å². The summed E-state index contributed by atoms with van der Waals surface area (Å²) in [5.74, 6) is -2.16. The molecule has 0 fully saturated rings. The van der Waals surface area contributed by atoms with E-state index in [9.17, 15) is 19.1 Å². The summed E-state index contributed by atoms with van der Waals surface area (Å²) in [5, 5.41) is 23.0. The Morgan fingerprint density at radius 1 is 1.40 bits per heavy atom. The number of hydrogen-bond donors (Lipinski definition) is 2. The number of nitrogens with zero attached hydrogens (tertiary/aromatic N) is 4. The molecule has 3 heterocycles. The number of benzene rings is 1. The van der Waals surface area contributed by atoms with E-state index in [1.807, 2.05) is 6.92 Å². The van der Waals surface area contributed by atoms with Crippen molar-refractivity contribution >= 4 is 11.9 Å². The number of aromatic nitrogens is 3. The third-order valence-corrected chi connectivity index (χ3v) is 5.21. The number of carboxylic acid groups (broad SMARTS) is 1. The lowest BCUT2D eigenvalue weighted by molar-refractivity contribution is 0.0669. The third-order valence-electron chi connectivity index (χ3n) is 5.21. The SMILES string of the molecule is CC1CN(C(=O)c2ccc[nH]2)Cc2c(C(=O)O)nn(Cc3ccc(F)c(C#N)c3)c21. The number of nitrogens with one attached hydrogen (secondary N) is 1. The first kappa shape index (κ1) is 19.4. The smallest absolute Gasteiger partial charge is 0.356 e. The predicted octanol–water partition coefficient (Wildman–Crippen LogP) is 2.73. The van der Waals surface area contributed by atoms with Crippen molar-refractivity contribution in [1.29, 1.82) is 5.26 Å². The Hall–Kier alpha value is -3.93. The molecule has 0 bridgehead atoms. The van der Waals surface area contributed by atoms with E-state index in [4.69, 9.17) is 5.26 Å². The summed E-state index contributed by atoms with van der Waals surface area (Å²) in [6, 6.07) is 9.38. The molecule has 1 amide bonds. The Labute approximate surface area is 171 Å².